The van der Waals surface area contributed by atoms with Gasteiger partial charge in [0.15, 0.2) is 11.5 Å². The molecule has 1 saturated heterocycles. The number of halogens is 1. The first-order valence-corrected chi connectivity index (χ1v) is 9.14. The van der Waals surface area contributed by atoms with Gasteiger partial charge in [-0.3, -0.25) is 0 Å². The Morgan fingerprint density at radius 2 is 1.88 bits per heavy atom. The number of benzene rings is 2. The van der Waals surface area contributed by atoms with Gasteiger partial charge in [0.05, 0.1) is 4.90 Å². The molecule has 24 heavy (non-hydrogen) atoms. The van der Waals surface area contributed by atoms with Gasteiger partial charge in [0.25, 0.3) is 0 Å². The minimum absolute atomic E-state index is 0.0951. The van der Waals surface area contributed by atoms with Crippen LogP contribution < -0.4 is 9.47 Å². The average molecular weight is 349 g/mol. The van der Waals surface area contributed by atoms with Gasteiger partial charge in [-0.15, -0.1) is 0 Å². The number of hydrogen-bond donors (Lipinski definition) is 0. The van der Waals surface area contributed by atoms with Crippen LogP contribution in [0.25, 0.3) is 0 Å². The van der Waals surface area contributed by atoms with Gasteiger partial charge in [0.2, 0.25) is 16.8 Å². The van der Waals surface area contributed by atoms with E-state index < -0.39 is 10.0 Å². The van der Waals surface area contributed by atoms with Crippen molar-refractivity contribution in [1.82, 2.24) is 4.31 Å². The highest BCUT2D eigenvalue weighted by molar-refractivity contribution is 7.89. The van der Waals surface area contributed by atoms with E-state index in [0.717, 1.165) is 0 Å². The predicted octanol–water partition coefficient (Wildman–Crippen LogP) is 2.73. The zero-order valence-electron chi connectivity index (χ0n) is 12.8. The van der Waals surface area contributed by atoms with Crippen LogP contribution in [0.4, 0.5) is 4.39 Å². The lowest BCUT2D eigenvalue weighted by molar-refractivity contribution is 0.174. The predicted molar refractivity (Wildman–Crippen MR) is 85.1 cm³/mol. The fourth-order valence-corrected chi connectivity index (χ4v) is 4.71. The van der Waals surface area contributed by atoms with Crippen LogP contribution in [0, 0.1) is 5.82 Å². The minimum atomic E-state index is -3.64. The summed E-state index contributed by atoms with van der Waals surface area (Å²) in [6, 6.07) is 11.1. The summed E-state index contributed by atoms with van der Waals surface area (Å²) in [7, 11) is -3.64. The number of nitrogens with zero attached hydrogens (tertiary/aromatic N) is 1. The smallest absolute Gasteiger partial charge is 0.243 e. The topological polar surface area (TPSA) is 55.8 Å². The van der Waals surface area contributed by atoms with E-state index in [2.05, 4.69) is 0 Å². The number of fused-ring (bicyclic) bond motifs is 1. The molecule has 5 nitrogen and oxygen atoms in total. The lowest BCUT2D eigenvalue weighted by Crippen LogP contribution is -2.28. The van der Waals surface area contributed by atoms with Crippen LogP contribution in [0.3, 0.4) is 0 Å². The summed E-state index contributed by atoms with van der Waals surface area (Å²) < 4.78 is 51.5. The summed E-state index contributed by atoms with van der Waals surface area (Å²) in [5.41, 5.74) is 0.570. The highest BCUT2D eigenvalue weighted by Crippen LogP contribution is 2.37. The van der Waals surface area contributed by atoms with Crippen molar-refractivity contribution in [3.8, 4) is 11.5 Å². The van der Waals surface area contributed by atoms with Crippen LogP contribution in [0.15, 0.2) is 47.4 Å². The maximum absolute atomic E-state index is 13.9. The lowest BCUT2D eigenvalue weighted by atomic mass is 9.98. The molecule has 0 radical (unpaired) electrons. The van der Waals surface area contributed by atoms with Crippen molar-refractivity contribution in [2.24, 2.45) is 0 Å². The quantitative estimate of drug-likeness (QED) is 0.855. The first-order valence-electron chi connectivity index (χ1n) is 7.70. The van der Waals surface area contributed by atoms with Crippen LogP contribution in [0.5, 0.6) is 11.5 Å². The van der Waals surface area contributed by atoms with Gasteiger partial charge < -0.3 is 9.47 Å². The van der Waals surface area contributed by atoms with Crippen molar-refractivity contribution >= 4 is 10.0 Å². The molecule has 0 spiro atoms. The molecular formula is C17H16FNO4S. The molecule has 2 aromatic carbocycles. The zero-order valence-corrected chi connectivity index (χ0v) is 13.6. The van der Waals surface area contributed by atoms with E-state index in [-0.39, 0.29) is 30.0 Å². The monoisotopic (exact) mass is 349 g/mol. The van der Waals surface area contributed by atoms with E-state index in [1.807, 2.05) is 0 Å². The number of rotatable bonds is 3. The first-order chi connectivity index (χ1) is 11.6. The maximum atomic E-state index is 13.9. The Balaban J connectivity index is 1.59. The molecule has 2 aliphatic rings. The molecule has 0 unspecified atom stereocenters. The Morgan fingerprint density at radius 3 is 2.71 bits per heavy atom. The van der Waals surface area contributed by atoms with E-state index in [0.29, 0.717) is 30.0 Å². The standard InChI is InChI=1S/C17H16FNO4S/c18-15-4-2-1-3-14(15)12-7-8-19(10-12)24(20,21)13-5-6-16-17(9-13)23-11-22-16/h1-6,9,12H,7-8,10-11H2/t12-/m1/s1. The molecule has 0 aromatic heterocycles. The third-order valence-electron chi connectivity index (χ3n) is 4.48. The average Bonchev–Trinajstić information content (AvgIpc) is 3.24. The van der Waals surface area contributed by atoms with Gasteiger partial charge in [-0.2, -0.15) is 4.31 Å². The summed E-state index contributed by atoms with van der Waals surface area (Å²) in [6.45, 7) is 0.741. The molecular weight excluding hydrogens is 333 g/mol. The second-order valence-corrected chi connectivity index (χ2v) is 7.82. The van der Waals surface area contributed by atoms with Crippen molar-refractivity contribution in [3.63, 3.8) is 0 Å². The molecule has 0 N–H and O–H groups in total. The Kier molecular flexibility index (Phi) is 3.69. The van der Waals surface area contributed by atoms with Crippen LogP contribution in [-0.2, 0) is 10.0 Å². The van der Waals surface area contributed by atoms with Crippen LogP contribution in [-0.4, -0.2) is 32.6 Å². The molecule has 2 aromatic rings. The Labute approximate surface area is 139 Å². The van der Waals surface area contributed by atoms with E-state index in [4.69, 9.17) is 9.47 Å². The van der Waals surface area contributed by atoms with Crippen LogP contribution in [0.2, 0.25) is 0 Å². The lowest BCUT2D eigenvalue weighted by Gasteiger charge is -2.17. The zero-order chi connectivity index (χ0) is 16.7. The number of ether oxygens (including phenoxy) is 2. The second kappa shape index (κ2) is 5.75. The molecule has 1 fully saturated rings. The molecule has 0 saturated carbocycles. The van der Waals surface area contributed by atoms with Crippen molar-refractivity contribution in [2.75, 3.05) is 19.9 Å². The Morgan fingerprint density at radius 1 is 1.08 bits per heavy atom. The van der Waals surface area contributed by atoms with E-state index >= 15 is 0 Å². The van der Waals surface area contributed by atoms with Crippen molar-refractivity contribution in [2.45, 2.75) is 17.2 Å². The molecule has 7 heteroatoms. The third kappa shape index (κ3) is 2.53. The first kappa shape index (κ1) is 15.4. The SMILES string of the molecule is O=S(=O)(c1ccc2c(c1)OCO2)N1CC[C@@H](c2ccccc2F)C1. The second-order valence-electron chi connectivity index (χ2n) is 5.89. The van der Waals surface area contributed by atoms with Gasteiger partial charge in [0, 0.05) is 25.1 Å². The van der Waals surface area contributed by atoms with Gasteiger partial charge in [-0.05, 0) is 30.2 Å². The summed E-state index contributed by atoms with van der Waals surface area (Å²) in [4.78, 5) is 0.168. The van der Waals surface area contributed by atoms with E-state index in [1.54, 1.807) is 24.3 Å². The molecule has 0 bridgehead atoms. The summed E-state index contributed by atoms with van der Waals surface area (Å²) in [5, 5.41) is 0. The molecule has 2 aliphatic heterocycles. The minimum Gasteiger partial charge on any atom is -0.454 e. The molecule has 2 heterocycles. The normalized spacial score (nSPS) is 20.5. The van der Waals surface area contributed by atoms with Gasteiger partial charge in [0.1, 0.15) is 5.82 Å². The fraction of sp³-hybridized carbons (Fsp3) is 0.294. The highest BCUT2D eigenvalue weighted by atomic mass is 32.2. The summed E-state index contributed by atoms with van der Waals surface area (Å²) in [5.74, 6) is 0.556. The maximum Gasteiger partial charge on any atom is 0.243 e. The molecule has 4 rings (SSSR count). The third-order valence-corrected chi connectivity index (χ3v) is 6.34. The molecule has 0 aliphatic carbocycles. The van der Waals surface area contributed by atoms with Gasteiger partial charge >= 0.3 is 0 Å². The number of hydrogen-bond acceptors (Lipinski definition) is 4. The Bertz CT molecular complexity index is 884. The Hall–Kier alpha value is -2.12. The number of sulfonamides is 1. The molecule has 0 amide bonds. The fourth-order valence-electron chi connectivity index (χ4n) is 3.19. The molecule has 1 atom stereocenters. The molecule has 126 valence electrons. The van der Waals surface area contributed by atoms with Crippen LogP contribution >= 0.6 is 0 Å². The van der Waals surface area contributed by atoms with Crippen LogP contribution in [0.1, 0.15) is 17.9 Å². The van der Waals surface area contributed by atoms with Gasteiger partial charge in [-0.1, -0.05) is 18.2 Å². The summed E-state index contributed by atoms with van der Waals surface area (Å²) in [6.07, 6.45) is 0.602. The largest absolute Gasteiger partial charge is 0.454 e. The van der Waals surface area contributed by atoms with E-state index in [1.165, 1.54) is 22.5 Å². The highest BCUT2D eigenvalue weighted by Gasteiger charge is 2.34. The summed E-state index contributed by atoms with van der Waals surface area (Å²) >= 11 is 0. The van der Waals surface area contributed by atoms with Crippen molar-refractivity contribution in [1.29, 1.82) is 0 Å². The van der Waals surface area contributed by atoms with Crippen molar-refractivity contribution < 1.29 is 22.3 Å². The van der Waals surface area contributed by atoms with E-state index in [9.17, 15) is 12.8 Å². The van der Waals surface area contributed by atoms with Crippen molar-refractivity contribution in [3.05, 3.63) is 53.8 Å². The van der Waals surface area contributed by atoms with Gasteiger partial charge in [-0.25, -0.2) is 12.8 Å².